The van der Waals surface area contributed by atoms with Gasteiger partial charge in [-0.1, -0.05) is 24.3 Å². The monoisotopic (exact) mass is 314 g/mol. The van der Waals surface area contributed by atoms with Crippen molar-refractivity contribution in [2.24, 2.45) is 5.73 Å². The summed E-state index contributed by atoms with van der Waals surface area (Å²) in [4.78, 5) is 12.4. The molecule has 0 unspecified atom stereocenters. The van der Waals surface area contributed by atoms with Crippen molar-refractivity contribution in [2.75, 3.05) is 13.2 Å². The first-order valence-electron chi connectivity index (χ1n) is 7.86. The lowest BCUT2D eigenvalue weighted by molar-refractivity contribution is -0.129. The van der Waals surface area contributed by atoms with Gasteiger partial charge in [0.15, 0.2) is 0 Å². The fourth-order valence-electron chi connectivity index (χ4n) is 2.77. The van der Waals surface area contributed by atoms with Gasteiger partial charge in [-0.25, -0.2) is 0 Å². The van der Waals surface area contributed by atoms with Gasteiger partial charge in [-0.15, -0.1) is 0 Å². The van der Waals surface area contributed by atoms with E-state index in [2.05, 4.69) is 16.5 Å². The molecule has 0 spiro atoms. The van der Waals surface area contributed by atoms with Crippen LogP contribution in [0.15, 0.2) is 42.7 Å². The molecular formula is C17H22N4O2. The Hall–Kier alpha value is -2.18. The third-order valence-electron chi connectivity index (χ3n) is 4.29. The normalized spacial score (nSPS) is 16.9. The zero-order chi connectivity index (χ0) is 16.1. The van der Waals surface area contributed by atoms with Crippen molar-refractivity contribution in [2.45, 2.75) is 31.5 Å². The molecule has 3 N–H and O–H groups in total. The van der Waals surface area contributed by atoms with E-state index in [9.17, 15) is 4.79 Å². The van der Waals surface area contributed by atoms with E-state index in [1.807, 2.05) is 35.1 Å². The number of carbonyl (C=O) groups is 1. The van der Waals surface area contributed by atoms with Gasteiger partial charge in [-0.3, -0.25) is 9.48 Å². The molecule has 0 radical (unpaired) electrons. The molecule has 0 saturated carbocycles. The lowest BCUT2D eigenvalue weighted by Crippen LogP contribution is -2.56. The Morgan fingerprint density at radius 2 is 2.00 bits per heavy atom. The minimum atomic E-state index is -0.810. The van der Waals surface area contributed by atoms with E-state index in [1.54, 1.807) is 6.20 Å². The van der Waals surface area contributed by atoms with Gasteiger partial charge < -0.3 is 15.8 Å². The number of rotatable bonds is 5. The van der Waals surface area contributed by atoms with Crippen molar-refractivity contribution in [3.8, 4) is 0 Å². The van der Waals surface area contributed by atoms with E-state index in [4.69, 9.17) is 10.5 Å². The van der Waals surface area contributed by atoms with Crippen LogP contribution in [0.5, 0.6) is 0 Å². The third kappa shape index (κ3) is 3.78. The molecule has 0 atom stereocenters. The highest BCUT2D eigenvalue weighted by Gasteiger charge is 2.35. The minimum absolute atomic E-state index is 0.102. The van der Waals surface area contributed by atoms with Gasteiger partial charge in [0.05, 0.1) is 12.1 Å². The SMILES string of the molecule is NC1(C(=O)NCc2ccccc2Cn2cccn2)CCOCC1. The van der Waals surface area contributed by atoms with Crippen LogP contribution in [-0.4, -0.2) is 34.4 Å². The van der Waals surface area contributed by atoms with Crippen LogP contribution in [0.2, 0.25) is 0 Å². The summed E-state index contributed by atoms with van der Waals surface area (Å²) in [5, 5.41) is 7.21. The molecule has 6 nitrogen and oxygen atoms in total. The number of hydrogen-bond donors (Lipinski definition) is 2. The molecule has 3 rings (SSSR count). The number of nitrogens with two attached hydrogens (primary N) is 1. The highest BCUT2D eigenvalue weighted by molar-refractivity contribution is 5.86. The van der Waals surface area contributed by atoms with Gasteiger partial charge in [0.25, 0.3) is 0 Å². The number of benzene rings is 1. The molecule has 1 aromatic carbocycles. The predicted molar refractivity (Wildman–Crippen MR) is 86.6 cm³/mol. The Labute approximate surface area is 135 Å². The molecule has 0 bridgehead atoms. The molecule has 1 amide bonds. The van der Waals surface area contributed by atoms with Gasteiger partial charge in [0.2, 0.25) is 5.91 Å². The zero-order valence-corrected chi connectivity index (χ0v) is 13.1. The summed E-state index contributed by atoms with van der Waals surface area (Å²) < 4.78 is 7.15. The maximum atomic E-state index is 12.4. The van der Waals surface area contributed by atoms with Gasteiger partial charge in [-0.2, -0.15) is 5.10 Å². The van der Waals surface area contributed by atoms with Crippen molar-refractivity contribution in [1.29, 1.82) is 0 Å². The van der Waals surface area contributed by atoms with Crippen molar-refractivity contribution in [3.63, 3.8) is 0 Å². The minimum Gasteiger partial charge on any atom is -0.381 e. The first-order chi connectivity index (χ1) is 11.2. The molecule has 2 aromatic rings. The van der Waals surface area contributed by atoms with Gasteiger partial charge >= 0.3 is 0 Å². The average Bonchev–Trinajstić information content (AvgIpc) is 3.07. The predicted octanol–water partition coefficient (Wildman–Crippen LogP) is 1.06. The molecule has 1 aromatic heterocycles. The molecule has 1 aliphatic heterocycles. The summed E-state index contributed by atoms with van der Waals surface area (Å²) in [5.41, 5.74) is 7.61. The smallest absolute Gasteiger partial charge is 0.240 e. The number of ether oxygens (including phenoxy) is 1. The molecule has 23 heavy (non-hydrogen) atoms. The Kier molecular flexibility index (Phi) is 4.73. The second-order valence-corrected chi connectivity index (χ2v) is 5.92. The molecule has 1 aliphatic rings. The number of amides is 1. The molecule has 1 saturated heterocycles. The van der Waals surface area contributed by atoms with E-state index >= 15 is 0 Å². The summed E-state index contributed by atoms with van der Waals surface area (Å²) in [6, 6.07) is 9.93. The lowest BCUT2D eigenvalue weighted by atomic mass is 9.90. The van der Waals surface area contributed by atoms with Crippen LogP contribution in [0.3, 0.4) is 0 Å². The number of nitrogens with zero attached hydrogens (tertiary/aromatic N) is 2. The molecule has 1 fully saturated rings. The summed E-state index contributed by atoms with van der Waals surface area (Å²) in [6.45, 7) is 2.23. The summed E-state index contributed by atoms with van der Waals surface area (Å²) in [7, 11) is 0. The highest BCUT2D eigenvalue weighted by Crippen LogP contribution is 2.18. The molecule has 2 heterocycles. The lowest BCUT2D eigenvalue weighted by Gasteiger charge is -2.31. The maximum Gasteiger partial charge on any atom is 0.240 e. The number of carbonyl (C=O) groups excluding carboxylic acids is 1. The van der Waals surface area contributed by atoms with E-state index in [1.165, 1.54) is 0 Å². The van der Waals surface area contributed by atoms with Gasteiger partial charge in [-0.05, 0) is 30.0 Å². The Morgan fingerprint density at radius 3 is 2.70 bits per heavy atom. The highest BCUT2D eigenvalue weighted by atomic mass is 16.5. The van der Waals surface area contributed by atoms with Crippen LogP contribution in [0, 0.1) is 0 Å². The zero-order valence-electron chi connectivity index (χ0n) is 13.1. The van der Waals surface area contributed by atoms with E-state index in [0.29, 0.717) is 39.1 Å². The second-order valence-electron chi connectivity index (χ2n) is 5.92. The van der Waals surface area contributed by atoms with Crippen LogP contribution < -0.4 is 11.1 Å². The average molecular weight is 314 g/mol. The Bertz CT molecular complexity index is 648. The van der Waals surface area contributed by atoms with Crippen molar-refractivity contribution in [3.05, 3.63) is 53.9 Å². The molecular weight excluding hydrogens is 292 g/mol. The maximum absolute atomic E-state index is 12.4. The molecule has 6 heteroatoms. The largest absolute Gasteiger partial charge is 0.381 e. The van der Waals surface area contributed by atoms with Crippen LogP contribution in [0.1, 0.15) is 24.0 Å². The van der Waals surface area contributed by atoms with E-state index < -0.39 is 5.54 Å². The number of nitrogens with one attached hydrogen (secondary N) is 1. The molecule has 0 aliphatic carbocycles. The van der Waals surface area contributed by atoms with Crippen LogP contribution in [0.4, 0.5) is 0 Å². The topological polar surface area (TPSA) is 82.2 Å². The standard InChI is InChI=1S/C17H22N4O2/c18-17(6-10-23-11-7-17)16(22)19-12-14-4-1-2-5-15(14)13-21-9-3-8-20-21/h1-5,8-9H,6-7,10-13,18H2,(H,19,22). The second kappa shape index (κ2) is 6.93. The van der Waals surface area contributed by atoms with Crippen LogP contribution in [-0.2, 0) is 22.6 Å². The Balaban J connectivity index is 1.65. The number of aromatic nitrogens is 2. The third-order valence-corrected chi connectivity index (χ3v) is 4.29. The van der Waals surface area contributed by atoms with Crippen LogP contribution >= 0.6 is 0 Å². The van der Waals surface area contributed by atoms with Gasteiger partial charge in [0.1, 0.15) is 0 Å². The van der Waals surface area contributed by atoms with Crippen molar-refractivity contribution >= 4 is 5.91 Å². The van der Waals surface area contributed by atoms with E-state index in [0.717, 1.165) is 11.1 Å². The quantitative estimate of drug-likeness (QED) is 0.864. The Morgan fingerprint density at radius 1 is 1.26 bits per heavy atom. The van der Waals surface area contributed by atoms with Crippen LogP contribution in [0.25, 0.3) is 0 Å². The van der Waals surface area contributed by atoms with Crippen molar-refractivity contribution < 1.29 is 9.53 Å². The fourth-order valence-corrected chi connectivity index (χ4v) is 2.77. The van der Waals surface area contributed by atoms with Gasteiger partial charge in [0, 0.05) is 32.2 Å². The summed E-state index contributed by atoms with van der Waals surface area (Å²) in [5.74, 6) is -0.102. The van der Waals surface area contributed by atoms with E-state index in [-0.39, 0.29) is 5.91 Å². The fraction of sp³-hybridized carbons (Fsp3) is 0.412. The number of hydrogen-bond acceptors (Lipinski definition) is 4. The first kappa shape index (κ1) is 15.7. The first-order valence-corrected chi connectivity index (χ1v) is 7.86. The molecule has 122 valence electrons. The summed E-state index contributed by atoms with van der Waals surface area (Å²) >= 11 is 0. The van der Waals surface area contributed by atoms with Crippen molar-refractivity contribution in [1.82, 2.24) is 15.1 Å². The summed E-state index contributed by atoms with van der Waals surface area (Å²) in [6.07, 6.45) is 4.81.